The van der Waals surface area contributed by atoms with Gasteiger partial charge in [0, 0.05) is 11.1 Å². The van der Waals surface area contributed by atoms with E-state index in [-0.39, 0.29) is 6.10 Å². The smallest absolute Gasteiger partial charge is 0.226 e. The third kappa shape index (κ3) is 5.23. The average molecular weight is 408 g/mol. The van der Waals surface area contributed by atoms with Gasteiger partial charge in [0.05, 0.1) is 25.5 Å². The molecule has 0 radical (unpaired) electrons. The molecular weight excluding hydrogens is 378 g/mol. The minimum atomic E-state index is 0.0415. The van der Waals surface area contributed by atoms with Gasteiger partial charge in [-0.25, -0.2) is 4.98 Å². The van der Waals surface area contributed by atoms with E-state index in [1.54, 1.807) is 13.4 Å². The van der Waals surface area contributed by atoms with E-state index in [1.165, 1.54) is 0 Å². The third-order valence-corrected chi connectivity index (χ3v) is 4.58. The van der Waals surface area contributed by atoms with Gasteiger partial charge in [0.1, 0.15) is 12.0 Å². The summed E-state index contributed by atoms with van der Waals surface area (Å²) in [4.78, 5) is 4.65. The van der Waals surface area contributed by atoms with E-state index in [1.807, 2.05) is 63.2 Å². The molecule has 5 heteroatoms. The molecule has 0 fully saturated rings. The standard InChI is InChI=1S/C25H29NO4/c1-6-28-22-10-8-7-9-21(22)18(4)11-13-20-16-29-25(26-20)19-12-14-23(27-5)24(15-19)30-17(2)3/h7-10,12,14-17H,4,6,11,13H2,1-3,5H3. The van der Waals surface area contributed by atoms with Crippen LogP contribution in [0.3, 0.4) is 0 Å². The second kappa shape index (κ2) is 10.0. The van der Waals surface area contributed by atoms with Crippen molar-refractivity contribution in [3.63, 3.8) is 0 Å². The molecule has 1 aromatic heterocycles. The van der Waals surface area contributed by atoms with E-state index in [2.05, 4.69) is 11.6 Å². The Kier molecular flexibility index (Phi) is 7.17. The molecule has 0 aliphatic heterocycles. The number of benzene rings is 2. The molecule has 158 valence electrons. The Bertz CT molecular complexity index is 990. The summed E-state index contributed by atoms with van der Waals surface area (Å²) in [7, 11) is 1.63. The molecule has 30 heavy (non-hydrogen) atoms. The van der Waals surface area contributed by atoms with Crippen LogP contribution >= 0.6 is 0 Å². The van der Waals surface area contributed by atoms with Crippen molar-refractivity contribution in [2.75, 3.05) is 13.7 Å². The van der Waals surface area contributed by atoms with Gasteiger partial charge in [-0.05, 0) is 63.5 Å². The number of rotatable bonds is 10. The van der Waals surface area contributed by atoms with Crippen molar-refractivity contribution in [2.24, 2.45) is 0 Å². The number of allylic oxidation sites excluding steroid dienone is 1. The molecule has 0 spiro atoms. The van der Waals surface area contributed by atoms with Crippen molar-refractivity contribution >= 4 is 5.57 Å². The summed E-state index contributed by atoms with van der Waals surface area (Å²) >= 11 is 0. The average Bonchev–Trinajstić information content (AvgIpc) is 3.21. The Morgan fingerprint density at radius 2 is 1.90 bits per heavy atom. The lowest BCUT2D eigenvalue weighted by atomic mass is 10.0. The first-order chi connectivity index (χ1) is 14.5. The highest BCUT2D eigenvalue weighted by atomic mass is 16.5. The normalized spacial score (nSPS) is 10.8. The van der Waals surface area contributed by atoms with Gasteiger partial charge in [-0.15, -0.1) is 0 Å². The Balaban J connectivity index is 1.71. The quantitative estimate of drug-likeness (QED) is 0.401. The van der Waals surface area contributed by atoms with Crippen LogP contribution in [0.25, 0.3) is 17.0 Å². The Morgan fingerprint density at radius 3 is 2.63 bits per heavy atom. The molecule has 2 aromatic carbocycles. The zero-order chi connectivity index (χ0) is 21.5. The monoisotopic (exact) mass is 407 g/mol. The zero-order valence-corrected chi connectivity index (χ0v) is 18.1. The number of hydrogen-bond donors (Lipinski definition) is 0. The van der Waals surface area contributed by atoms with E-state index in [4.69, 9.17) is 18.6 Å². The lowest BCUT2D eigenvalue weighted by Gasteiger charge is -2.14. The summed E-state index contributed by atoms with van der Waals surface area (Å²) in [6.07, 6.45) is 3.23. The summed E-state index contributed by atoms with van der Waals surface area (Å²) in [5.41, 5.74) is 3.77. The van der Waals surface area contributed by atoms with Crippen LogP contribution in [-0.2, 0) is 6.42 Å². The fraction of sp³-hybridized carbons (Fsp3) is 0.320. The van der Waals surface area contributed by atoms with E-state index in [0.717, 1.165) is 41.0 Å². The molecule has 0 saturated carbocycles. The van der Waals surface area contributed by atoms with Crippen LogP contribution < -0.4 is 14.2 Å². The summed E-state index contributed by atoms with van der Waals surface area (Å²) in [6.45, 7) is 10.8. The predicted octanol–water partition coefficient (Wildman–Crippen LogP) is 6.18. The maximum absolute atomic E-state index is 5.85. The molecule has 0 atom stereocenters. The Hall–Kier alpha value is -3.21. The highest BCUT2D eigenvalue weighted by molar-refractivity contribution is 5.69. The third-order valence-electron chi connectivity index (χ3n) is 4.58. The number of hydrogen-bond acceptors (Lipinski definition) is 5. The molecule has 3 aromatic rings. The van der Waals surface area contributed by atoms with Crippen LogP contribution in [0.5, 0.6) is 17.2 Å². The molecule has 3 rings (SSSR count). The molecule has 0 saturated heterocycles. The summed E-state index contributed by atoms with van der Waals surface area (Å²) < 4.78 is 22.7. The predicted molar refractivity (Wildman–Crippen MR) is 119 cm³/mol. The number of para-hydroxylation sites is 1. The van der Waals surface area contributed by atoms with Gasteiger partial charge in [0.25, 0.3) is 0 Å². The van der Waals surface area contributed by atoms with Crippen LogP contribution in [0.15, 0.2) is 59.7 Å². The number of nitrogens with zero attached hydrogens (tertiary/aromatic N) is 1. The highest BCUT2D eigenvalue weighted by Gasteiger charge is 2.13. The molecule has 0 aliphatic carbocycles. The first kappa shape index (κ1) is 21.5. The van der Waals surface area contributed by atoms with Gasteiger partial charge in [0.2, 0.25) is 5.89 Å². The van der Waals surface area contributed by atoms with Gasteiger partial charge >= 0.3 is 0 Å². The number of aryl methyl sites for hydroxylation is 1. The molecule has 0 unspecified atom stereocenters. The number of oxazole rings is 1. The van der Waals surface area contributed by atoms with Crippen LogP contribution in [0.4, 0.5) is 0 Å². The zero-order valence-electron chi connectivity index (χ0n) is 18.1. The van der Waals surface area contributed by atoms with Gasteiger partial charge in [-0.3, -0.25) is 0 Å². The number of methoxy groups -OCH3 is 1. The highest BCUT2D eigenvalue weighted by Crippen LogP contribution is 2.33. The van der Waals surface area contributed by atoms with Gasteiger partial charge in [-0.2, -0.15) is 0 Å². The van der Waals surface area contributed by atoms with Crippen molar-refractivity contribution in [2.45, 2.75) is 39.7 Å². The topological polar surface area (TPSA) is 53.7 Å². The fourth-order valence-corrected chi connectivity index (χ4v) is 3.16. The van der Waals surface area contributed by atoms with Crippen LogP contribution in [0.1, 0.15) is 38.4 Å². The number of aromatic nitrogens is 1. The van der Waals surface area contributed by atoms with Crippen LogP contribution in [0, 0.1) is 0 Å². The Morgan fingerprint density at radius 1 is 1.10 bits per heavy atom. The SMILES string of the molecule is C=C(CCc1coc(-c2ccc(OC)c(OC(C)C)c2)n1)c1ccccc1OCC. The van der Waals surface area contributed by atoms with Gasteiger partial charge in [-0.1, -0.05) is 24.8 Å². The second-order valence-corrected chi connectivity index (χ2v) is 7.21. The van der Waals surface area contributed by atoms with E-state index in [0.29, 0.717) is 24.0 Å². The van der Waals surface area contributed by atoms with Crippen molar-refractivity contribution < 1.29 is 18.6 Å². The van der Waals surface area contributed by atoms with E-state index >= 15 is 0 Å². The van der Waals surface area contributed by atoms with E-state index < -0.39 is 0 Å². The second-order valence-electron chi connectivity index (χ2n) is 7.21. The molecule has 5 nitrogen and oxygen atoms in total. The fourth-order valence-electron chi connectivity index (χ4n) is 3.16. The van der Waals surface area contributed by atoms with Crippen LogP contribution in [0.2, 0.25) is 0 Å². The summed E-state index contributed by atoms with van der Waals surface area (Å²) in [6, 6.07) is 13.7. The van der Waals surface area contributed by atoms with Crippen molar-refractivity contribution in [1.82, 2.24) is 4.98 Å². The van der Waals surface area contributed by atoms with Crippen molar-refractivity contribution in [3.05, 3.63) is 66.6 Å². The largest absolute Gasteiger partial charge is 0.493 e. The molecule has 1 heterocycles. The van der Waals surface area contributed by atoms with Gasteiger partial charge in [0.15, 0.2) is 11.5 Å². The molecule has 0 N–H and O–H groups in total. The van der Waals surface area contributed by atoms with Crippen molar-refractivity contribution in [1.29, 1.82) is 0 Å². The maximum atomic E-state index is 5.85. The summed E-state index contributed by atoms with van der Waals surface area (Å²) in [5, 5.41) is 0. The minimum absolute atomic E-state index is 0.0415. The Labute approximate surface area is 178 Å². The van der Waals surface area contributed by atoms with Crippen molar-refractivity contribution in [3.8, 4) is 28.7 Å². The molecular formula is C25H29NO4. The van der Waals surface area contributed by atoms with Gasteiger partial charge < -0.3 is 18.6 Å². The summed E-state index contributed by atoms with van der Waals surface area (Å²) in [5.74, 6) is 2.78. The molecule has 0 bridgehead atoms. The van der Waals surface area contributed by atoms with E-state index in [9.17, 15) is 0 Å². The van der Waals surface area contributed by atoms with Crippen LogP contribution in [-0.4, -0.2) is 24.8 Å². The first-order valence-electron chi connectivity index (χ1n) is 10.2. The minimum Gasteiger partial charge on any atom is -0.493 e. The lowest BCUT2D eigenvalue weighted by molar-refractivity contribution is 0.230. The molecule has 0 amide bonds. The molecule has 0 aliphatic rings. The lowest BCUT2D eigenvalue weighted by Crippen LogP contribution is -2.06. The maximum Gasteiger partial charge on any atom is 0.226 e. The number of ether oxygens (including phenoxy) is 3. The first-order valence-corrected chi connectivity index (χ1v) is 10.2.